The van der Waals surface area contributed by atoms with Crippen LogP contribution >= 0.6 is 35.6 Å². The second-order valence-corrected chi connectivity index (χ2v) is 7.56. The first kappa shape index (κ1) is 19.2. The lowest BCUT2D eigenvalue weighted by atomic mass is 10.2. The van der Waals surface area contributed by atoms with E-state index < -0.39 is 11.8 Å². The van der Waals surface area contributed by atoms with Crippen molar-refractivity contribution in [2.75, 3.05) is 0 Å². The number of thiocarbonyl (C=S) groups is 1. The van der Waals surface area contributed by atoms with E-state index in [1.165, 1.54) is 30.3 Å². The monoisotopic (exact) mass is 416 g/mol. The molecule has 0 atom stereocenters. The molecule has 0 saturated carbocycles. The summed E-state index contributed by atoms with van der Waals surface area (Å²) in [6.45, 7) is 0. The van der Waals surface area contributed by atoms with E-state index in [9.17, 15) is 14.7 Å². The van der Waals surface area contributed by atoms with Gasteiger partial charge in [0.25, 0.3) is 11.8 Å². The second-order valence-electron chi connectivity index (χ2n) is 5.45. The molecule has 1 aliphatic heterocycles. The molecule has 0 unspecified atom stereocenters. The quantitative estimate of drug-likeness (QED) is 0.581. The van der Waals surface area contributed by atoms with Crippen LogP contribution in [0.4, 0.5) is 0 Å². The topological polar surface area (TPSA) is 69.6 Å². The number of nitrogens with zero attached hydrogens (tertiary/aromatic N) is 1. The molecule has 8 heteroatoms. The molecule has 1 aliphatic rings. The van der Waals surface area contributed by atoms with Gasteiger partial charge < -0.3 is 5.11 Å². The van der Waals surface area contributed by atoms with Crippen LogP contribution in [0.3, 0.4) is 0 Å². The molecule has 2 aromatic rings. The highest BCUT2D eigenvalue weighted by molar-refractivity contribution is 8.26. The lowest BCUT2D eigenvalue weighted by Crippen LogP contribution is -2.44. The van der Waals surface area contributed by atoms with Crippen LogP contribution in [-0.2, 0) is 4.79 Å². The molecule has 136 valence electrons. The second kappa shape index (κ2) is 8.39. The number of aromatic hydroxyl groups is 1. The summed E-state index contributed by atoms with van der Waals surface area (Å²) in [5, 5.41) is 10.8. The molecule has 1 fully saturated rings. The highest BCUT2D eigenvalue weighted by Gasteiger charge is 2.33. The Kier molecular flexibility index (Phi) is 5.95. The summed E-state index contributed by atoms with van der Waals surface area (Å²) in [7, 11) is 0. The number of thioether (sulfide) groups is 1. The number of benzene rings is 2. The van der Waals surface area contributed by atoms with Crippen molar-refractivity contribution in [3.63, 3.8) is 0 Å². The fourth-order valence-corrected chi connectivity index (χ4v) is 3.72. The van der Waals surface area contributed by atoms with Crippen molar-refractivity contribution in [1.82, 2.24) is 10.4 Å². The first-order valence-corrected chi connectivity index (χ1v) is 9.34. The zero-order valence-corrected chi connectivity index (χ0v) is 16.1. The molecule has 0 aliphatic carbocycles. The van der Waals surface area contributed by atoms with Gasteiger partial charge in [0.15, 0.2) is 4.32 Å². The zero-order chi connectivity index (χ0) is 19.4. The Hall–Kier alpha value is -2.61. The van der Waals surface area contributed by atoms with Crippen LogP contribution in [0, 0.1) is 0 Å². The van der Waals surface area contributed by atoms with E-state index in [2.05, 4.69) is 5.43 Å². The maximum absolute atomic E-state index is 12.5. The average molecular weight is 417 g/mol. The highest BCUT2D eigenvalue weighted by atomic mass is 35.5. The lowest BCUT2D eigenvalue weighted by molar-refractivity contribution is -0.123. The third-order valence-corrected chi connectivity index (χ3v) is 5.01. The highest BCUT2D eigenvalue weighted by Crippen LogP contribution is 2.31. The largest absolute Gasteiger partial charge is 0.508 e. The minimum Gasteiger partial charge on any atom is -0.508 e. The number of phenolic OH excluding ortho intramolecular Hbond substituents is 1. The standard InChI is InChI=1S/C19H13ClN2O3S2/c20-14(9-12-5-2-1-3-6-12)11-16-18(25)22(19(26)27-16)21-17(24)13-7-4-8-15(23)10-13/h1-11,23H,(H,21,24)/b14-9-,16-11-. The maximum Gasteiger partial charge on any atom is 0.285 e. The molecule has 2 N–H and O–H groups in total. The molecule has 1 saturated heterocycles. The molecule has 1 heterocycles. The number of phenols is 1. The minimum atomic E-state index is -0.561. The smallest absolute Gasteiger partial charge is 0.285 e. The molecule has 2 aromatic carbocycles. The van der Waals surface area contributed by atoms with Crippen LogP contribution in [0.15, 0.2) is 70.6 Å². The molecule has 0 spiro atoms. The number of hydrogen-bond donors (Lipinski definition) is 2. The van der Waals surface area contributed by atoms with Gasteiger partial charge in [0.05, 0.1) is 4.91 Å². The summed E-state index contributed by atoms with van der Waals surface area (Å²) >= 11 is 12.4. The van der Waals surface area contributed by atoms with Gasteiger partial charge >= 0.3 is 0 Å². The summed E-state index contributed by atoms with van der Waals surface area (Å²) < 4.78 is 0.184. The predicted octanol–water partition coefficient (Wildman–Crippen LogP) is 4.06. The van der Waals surface area contributed by atoms with Gasteiger partial charge in [0.1, 0.15) is 5.75 Å². The summed E-state index contributed by atoms with van der Waals surface area (Å²) in [5.41, 5.74) is 3.54. The van der Waals surface area contributed by atoms with Gasteiger partial charge in [-0.05, 0) is 48.1 Å². The molecule has 3 rings (SSSR count). The van der Waals surface area contributed by atoms with Gasteiger partial charge in [0.2, 0.25) is 0 Å². The van der Waals surface area contributed by atoms with E-state index in [0.29, 0.717) is 9.94 Å². The van der Waals surface area contributed by atoms with E-state index in [1.54, 1.807) is 6.08 Å². The van der Waals surface area contributed by atoms with Crippen molar-refractivity contribution in [2.45, 2.75) is 0 Å². The molecule has 0 bridgehead atoms. The lowest BCUT2D eigenvalue weighted by Gasteiger charge is -2.15. The molecule has 5 nitrogen and oxygen atoms in total. The van der Waals surface area contributed by atoms with Crippen LogP contribution in [-0.4, -0.2) is 26.3 Å². The van der Waals surface area contributed by atoms with Gasteiger partial charge in [-0.2, -0.15) is 5.01 Å². The number of hydrogen-bond acceptors (Lipinski definition) is 5. The van der Waals surface area contributed by atoms with Crippen molar-refractivity contribution in [2.24, 2.45) is 0 Å². The SMILES string of the molecule is O=C(NN1C(=O)/C(=C/C(Cl)=C/c2ccccc2)SC1=S)c1cccc(O)c1. The first-order valence-electron chi connectivity index (χ1n) is 7.74. The van der Waals surface area contributed by atoms with Crippen molar-refractivity contribution >= 4 is 57.8 Å². The van der Waals surface area contributed by atoms with E-state index in [4.69, 9.17) is 23.8 Å². The average Bonchev–Trinajstić information content (AvgIpc) is 2.89. The normalized spacial score (nSPS) is 16.1. The number of halogens is 1. The van der Waals surface area contributed by atoms with Crippen molar-refractivity contribution in [3.8, 4) is 5.75 Å². The Balaban J connectivity index is 1.75. The van der Waals surface area contributed by atoms with Crippen LogP contribution in [0.5, 0.6) is 5.75 Å². The maximum atomic E-state index is 12.5. The van der Waals surface area contributed by atoms with Crippen LogP contribution in [0.2, 0.25) is 0 Å². The van der Waals surface area contributed by atoms with Crippen molar-refractivity contribution < 1.29 is 14.7 Å². The van der Waals surface area contributed by atoms with Gasteiger partial charge in [-0.1, -0.05) is 59.8 Å². The van der Waals surface area contributed by atoms with Gasteiger partial charge in [-0.25, -0.2) is 0 Å². The number of carbonyl (C=O) groups excluding carboxylic acids is 2. The Morgan fingerprint density at radius 1 is 1.19 bits per heavy atom. The summed E-state index contributed by atoms with van der Waals surface area (Å²) in [6, 6.07) is 15.2. The number of allylic oxidation sites excluding steroid dienone is 2. The summed E-state index contributed by atoms with van der Waals surface area (Å²) in [5.74, 6) is -1.08. The van der Waals surface area contributed by atoms with Gasteiger partial charge in [0, 0.05) is 10.6 Å². The number of carbonyl (C=O) groups is 2. The van der Waals surface area contributed by atoms with E-state index in [-0.39, 0.29) is 15.6 Å². The van der Waals surface area contributed by atoms with Crippen molar-refractivity contribution in [3.05, 3.63) is 81.7 Å². The number of rotatable bonds is 4. The zero-order valence-electron chi connectivity index (χ0n) is 13.8. The number of amides is 2. The molecular weight excluding hydrogens is 404 g/mol. The van der Waals surface area contributed by atoms with Crippen LogP contribution in [0.25, 0.3) is 6.08 Å². The molecular formula is C19H13ClN2O3S2. The Bertz CT molecular complexity index is 974. The summed E-state index contributed by atoms with van der Waals surface area (Å²) in [4.78, 5) is 25.1. The molecule has 0 aromatic heterocycles. The van der Waals surface area contributed by atoms with Crippen molar-refractivity contribution in [1.29, 1.82) is 0 Å². The fraction of sp³-hybridized carbons (Fsp3) is 0. The van der Waals surface area contributed by atoms with Gasteiger partial charge in [-0.15, -0.1) is 0 Å². The Morgan fingerprint density at radius 3 is 2.63 bits per heavy atom. The third-order valence-electron chi connectivity index (χ3n) is 3.49. The minimum absolute atomic E-state index is 0.0502. The predicted molar refractivity (Wildman–Crippen MR) is 111 cm³/mol. The summed E-state index contributed by atoms with van der Waals surface area (Å²) in [6.07, 6.45) is 3.23. The van der Waals surface area contributed by atoms with E-state index >= 15 is 0 Å². The van der Waals surface area contributed by atoms with Crippen LogP contribution in [0.1, 0.15) is 15.9 Å². The Labute approximate surface area is 170 Å². The van der Waals surface area contributed by atoms with E-state index in [1.807, 2.05) is 30.3 Å². The molecule has 27 heavy (non-hydrogen) atoms. The number of hydrazine groups is 1. The Morgan fingerprint density at radius 2 is 1.93 bits per heavy atom. The van der Waals surface area contributed by atoms with Gasteiger partial charge in [-0.3, -0.25) is 15.0 Å². The van der Waals surface area contributed by atoms with E-state index in [0.717, 1.165) is 22.3 Å². The molecule has 0 radical (unpaired) electrons. The number of nitrogens with one attached hydrogen (secondary N) is 1. The fourth-order valence-electron chi connectivity index (χ4n) is 2.25. The first-order chi connectivity index (χ1) is 12.9. The third kappa shape index (κ3) is 4.77. The van der Waals surface area contributed by atoms with Crippen LogP contribution < -0.4 is 5.43 Å². The molecule has 2 amide bonds.